The van der Waals surface area contributed by atoms with E-state index in [9.17, 15) is 18.0 Å². The summed E-state index contributed by atoms with van der Waals surface area (Å²) in [5.74, 6) is -1.90. The van der Waals surface area contributed by atoms with Crippen molar-refractivity contribution in [2.75, 3.05) is 6.54 Å². The maximum Gasteiger partial charge on any atom is 0.336 e. The number of hydrogen-bond donors (Lipinski definition) is 2. The Morgan fingerprint density at radius 2 is 2.05 bits per heavy atom. The van der Waals surface area contributed by atoms with Crippen LogP contribution in [0, 0.1) is 3.57 Å². The van der Waals surface area contributed by atoms with Crippen LogP contribution in [0.15, 0.2) is 23.1 Å². The third kappa shape index (κ3) is 3.04. The molecule has 0 aromatic heterocycles. The highest BCUT2D eigenvalue weighted by Crippen LogP contribution is 2.27. The number of hydrogen-bond acceptors (Lipinski definition) is 4. The largest absolute Gasteiger partial charge is 0.478 e. The van der Waals surface area contributed by atoms with Crippen molar-refractivity contribution in [2.45, 2.75) is 23.8 Å². The second kappa shape index (κ2) is 5.89. The smallest absolute Gasteiger partial charge is 0.336 e. The minimum absolute atomic E-state index is 0.0912. The van der Waals surface area contributed by atoms with Crippen LogP contribution in [0.4, 0.5) is 0 Å². The molecule has 21 heavy (non-hydrogen) atoms. The quantitative estimate of drug-likeness (QED) is 0.688. The van der Waals surface area contributed by atoms with Crippen LogP contribution in [-0.2, 0) is 14.8 Å². The highest BCUT2D eigenvalue weighted by Gasteiger charge is 2.38. The number of carbonyl (C=O) groups excluding carboxylic acids is 1. The molecule has 1 aliphatic heterocycles. The molecule has 0 saturated carbocycles. The van der Waals surface area contributed by atoms with E-state index in [-0.39, 0.29) is 17.0 Å². The zero-order valence-corrected chi connectivity index (χ0v) is 13.8. The molecular weight excluding hydrogens is 411 g/mol. The molecule has 1 saturated heterocycles. The van der Waals surface area contributed by atoms with Crippen molar-refractivity contribution in [1.82, 2.24) is 4.31 Å². The Kier molecular flexibility index (Phi) is 4.54. The SMILES string of the molecule is NC(=O)C1CCCN1S(=O)(=O)c1ccc(I)c(C(=O)O)c1. The van der Waals surface area contributed by atoms with Crippen LogP contribution in [0.2, 0.25) is 0 Å². The molecule has 114 valence electrons. The van der Waals surface area contributed by atoms with Gasteiger partial charge in [0.25, 0.3) is 0 Å². The van der Waals surface area contributed by atoms with Crippen LogP contribution in [0.1, 0.15) is 23.2 Å². The number of aromatic carboxylic acids is 1. The standard InChI is InChI=1S/C12H13IN2O5S/c13-9-4-3-7(6-8(9)12(17)18)21(19,20)15-5-1-2-10(15)11(14)16/h3-4,6,10H,1-2,5H2,(H2,14,16)(H,17,18). The highest BCUT2D eigenvalue weighted by atomic mass is 127. The van der Waals surface area contributed by atoms with Crippen LogP contribution in [0.3, 0.4) is 0 Å². The van der Waals surface area contributed by atoms with Gasteiger partial charge in [-0.05, 0) is 53.6 Å². The second-order valence-electron chi connectivity index (χ2n) is 4.62. The molecule has 1 atom stereocenters. The Morgan fingerprint density at radius 1 is 1.38 bits per heavy atom. The van der Waals surface area contributed by atoms with Gasteiger partial charge in [-0.2, -0.15) is 4.31 Å². The number of rotatable bonds is 4. The zero-order valence-electron chi connectivity index (χ0n) is 10.8. The van der Waals surface area contributed by atoms with E-state index in [0.29, 0.717) is 16.4 Å². The van der Waals surface area contributed by atoms with Gasteiger partial charge in [-0.15, -0.1) is 0 Å². The van der Waals surface area contributed by atoms with Gasteiger partial charge in [0.15, 0.2) is 0 Å². The molecular formula is C12H13IN2O5S. The van der Waals surface area contributed by atoms with Crippen molar-refractivity contribution >= 4 is 44.5 Å². The van der Waals surface area contributed by atoms with Crippen LogP contribution >= 0.6 is 22.6 Å². The van der Waals surface area contributed by atoms with Crippen molar-refractivity contribution < 1.29 is 23.1 Å². The summed E-state index contributed by atoms with van der Waals surface area (Å²) in [5.41, 5.74) is 5.13. The normalized spacial score (nSPS) is 19.6. The predicted molar refractivity (Wildman–Crippen MR) is 82.2 cm³/mol. The first kappa shape index (κ1) is 16.2. The lowest BCUT2D eigenvalue weighted by atomic mass is 10.2. The number of carbonyl (C=O) groups is 2. The first-order chi connectivity index (χ1) is 9.75. The van der Waals surface area contributed by atoms with Gasteiger partial charge in [0.1, 0.15) is 6.04 Å². The molecule has 3 N–H and O–H groups in total. The maximum absolute atomic E-state index is 12.6. The number of nitrogens with two attached hydrogens (primary N) is 1. The van der Waals surface area contributed by atoms with E-state index in [2.05, 4.69) is 0 Å². The minimum Gasteiger partial charge on any atom is -0.478 e. The molecule has 1 aromatic rings. The first-order valence-electron chi connectivity index (χ1n) is 6.09. The fraction of sp³-hybridized carbons (Fsp3) is 0.333. The third-order valence-corrected chi connectivity index (χ3v) is 6.15. The summed E-state index contributed by atoms with van der Waals surface area (Å²) < 4.78 is 26.6. The fourth-order valence-corrected chi connectivity index (χ4v) is 4.53. The summed E-state index contributed by atoms with van der Waals surface area (Å²) in [6, 6.07) is 2.99. The predicted octanol–water partition coefficient (Wildman–Crippen LogP) is 0.628. The molecule has 0 bridgehead atoms. The van der Waals surface area contributed by atoms with E-state index in [1.165, 1.54) is 12.1 Å². The number of halogens is 1. The minimum atomic E-state index is -3.94. The molecule has 1 aliphatic rings. The van der Waals surface area contributed by atoms with Crippen LogP contribution in [0.25, 0.3) is 0 Å². The van der Waals surface area contributed by atoms with Gasteiger partial charge in [0.2, 0.25) is 15.9 Å². The Morgan fingerprint density at radius 3 is 2.62 bits per heavy atom. The van der Waals surface area contributed by atoms with Crippen molar-refractivity contribution in [3.05, 3.63) is 27.3 Å². The average molecular weight is 424 g/mol. The van der Waals surface area contributed by atoms with E-state index in [1.807, 2.05) is 22.6 Å². The summed E-state index contributed by atoms with van der Waals surface area (Å²) in [6.45, 7) is 0.199. The number of benzene rings is 1. The molecule has 0 spiro atoms. The monoisotopic (exact) mass is 424 g/mol. The number of carboxylic acids is 1. The fourth-order valence-electron chi connectivity index (χ4n) is 2.28. The molecule has 1 aromatic carbocycles. The molecule has 0 radical (unpaired) electrons. The van der Waals surface area contributed by atoms with E-state index < -0.39 is 27.9 Å². The number of amides is 1. The summed E-state index contributed by atoms with van der Waals surface area (Å²) in [7, 11) is -3.94. The van der Waals surface area contributed by atoms with Gasteiger partial charge in [-0.25, -0.2) is 13.2 Å². The molecule has 0 aliphatic carbocycles. The highest BCUT2D eigenvalue weighted by molar-refractivity contribution is 14.1. The van der Waals surface area contributed by atoms with Crippen molar-refractivity contribution in [3.63, 3.8) is 0 Å². The maximum atomic E-state index is 12.6. The van der Waals surface area contributed by atoms with Crippen molar-refractivity contribution in [3.8, 4) is 0 Å². The molecule has 9 heteroatoms. The molecule has 1 amide bonds. The van der Waals surface area contributed by atoms with Crippen LogP contribution in [-0.4, -0.2) is 42.3 Å². The molecule has 7 nitrogen and oxygen atoms in total. The van der Waals surface area contributed by atoms with E-state index in [0.717, 1.165) is 10.4 Å². The Bertz CT molecular complexity index is 704. The molecule has 1 heterocycles. The van der Waals surface area contributed by atoms with Crippen LogP contribution in [0.5, 0.6) is 0 Å². The molecule has 2 rings (SSSR count). The Hall–Kier alpha value is -1.20. The Balaban J connectivity index is 2.47. The number of carboxylic acid groups (broad SMARTS) is 1. The lowest BCUT2D eigenvalue weighted by molar-refractivity contribution is -0.121. The summed E-state index contributed by atoms with van der Waals surface area (Å²) in [6.07, 6.45) is 0.924. The number of sulfonamides is 1. The summed E-state index contributed by atoms with van der Waals surface area (Å²) in [4.78, 5) is 22.3. The van der Waals surface area contributed by atoms with Crippen molar-refractivity contribution in [1.29, 1.82) is 0 Å². The van der Waals surface area contributed by atoms with Gasteiger partial charge in [0.05, 0.1) is 10.5 Å². The topological polar surface area (TPSA) is 118 Å². The van der Waals surface area contributed by atoms with Gasteiger partial charge in [-0.1, -0.05) is 0 Å². The van der Waals surface area contributed by atoms with Gasteiger partial charge >= 0.3 is 5.97 Å². The lowest BCUT2D eigenvalue weighted by Crippen LogP contribution is -2.43. The van der Waals surface area contributed by atoms with Crippen molar-refractivity contribution in [2.24, 2.45) is 5.73 Å². The Labute approximate surface area is 135 Å². The first-order valence-corrected chi connectivity index (χ1v) is 8.61. The third-order valence-electron chi connectivity index (χ3n) is 3.31. The average Bonchev–Trinajstić information content (AvgIpc) is 2.88. The van der Waals surface area contributed by atoms with Crippen LogP contribution < -0.4 is 5.73 Å². The van der Waals surface area contributed by atoms with Gasteiger partial charge in [0, 0.05) is 10.1 Å². The lowest BCUT2D eigenvalue weighted by Gasteiger charge is -2.21. The summed E-state index contributed by atoms with van der Waals surface area (Å²) in [5, 5.41) is 9.07. The number of nitrogens with zero attached hydrogens (tertiary/aromatic N) is 1. The number of primary amides is 1. The van der Waals surface area contributed by atoms with Gasteiger partial charge < -0.3 is 10.8 Å². The van der Waals surface area contributed by atoms with Gasteiger partial charge in [-0.3, -0.25) is 4.79 Å². The summed E-state index contributed by atoms with van der Waals surface area (Å²) >= 11 is 1.82. The molecule has 1 fully saturated rings. The molecule has 1 unspecified atom stereocenters. The van der Waals surface area contributed by atoms with E-state index >= 15 is 0 Å². The second-order valence-corrected chi connectivity index (χ2v) is 7.68. The van der Waals surface area contributed by atoms with E-state index in [4.69, 9.17) is 10.8 Å². The van der Waals surface area contributed by atoms with E-state index in [1.54, 1.807) is 0 Å². The zero-order chi connectivity index (χ0) is 15.8.